The van der Waals surface area contributed by atoms with Crippen LogP contribution in [0.5, 0.6) is 0 Å². The third kappa shape index (κ3) is 2.80. The molecule has 0 radical (unpaired) electrons. The number of nitro benzene ring substituents is 1. The van der Waals surface area contributed by atoms with Crippen molar-refractivity contribution in [3.63, 3.8) is 0 Å². The van der Waals surface area contributed by atoms with E-state index in [-0.39, 0.29) is 23.2 Å². The van der Waals surface area contributed by atoms with Gasteiger partial charge in [0.05, 0.1) is 4.92 Å². The number of likely N-dealkylation sites (N-methyl/N-ethyl adjacent to an activating group) is 1. The fourth-order valence-corrected chi connectivity index (χ4v) is 2.69. The minimum absolute atomic E-state index is 0.115. The molecule has 0 bridgehead atoms. The summed E-state index contributed by atoms with van der Waals surface area (Å²) in [4.78, 5) is 24.9. The summed E-state index contributed by atoms with van der Waals surface area (Å²) in [6, 6.07) is 4.79. The molecule has 0 aliphatic carbocycles. The van der Waals surface area contributed by atoms with Crippen LogP contribution in [0.2, 0.25) is 0 Å². The lowest BCUT2D eigenvalue weighted by Crippen LogP contribution is -2.41. The highest BCUT2D eigenvalue weighted by molar-refractivity contribution is 5.98. The molecule has 108 valence electrons. The second kappa shape index (κ2) is 6.00. The standard InChI is InChI=1S/C14H19N3O3/c1-10-5-6-13(17(19)20)12(8-10)14(18)16-7-3-4-11(16)9-15-2/h5-6,8,11,15H,3-4,7,9H2,1-2H3. The van der Waals surface area contributed by atoms with Crippen molar-refractivity contribution in [3.05, 3.63) is 39.4 Å². The molecular formula is C14H19N3O3. The first kappa shape index (κ1) is 14.5. The summed E-state index contributed by atoms with van der Waals surface area (Å²) >= 11 is 0. The van der Waals surface area contributed by atoms with E-state index in [1.165, 1.54) is 6.07 Å². The molecule has 20 heavy (non-hydrogen) atoms. The number of amides is 1. The molecule has 1 N–H and O–H groups in total. The zero-order valence-electron chi connectivity index (χ0n) is 11.8. The number of carbonyl (C=O) groups is 1. The minimum atomic E-state index is -0.490. The lowest BCUT2D eigenvalue weighted by atomic mass is 10.1. The third-order valence-electron chi connectivity index (χ3n) is 3.66. The van der Waals surface area contributed by atoms with Gasteiger partial charge in [0.1, 0.15) is 5.56 Å². The number of benzene rings is 1. The Balaban J connectivity index is 2.33. The maximum Gasteiger partial charge on any atom is 0.282 e. The minimum Gasteiger partial charge on any atom is -0.334 e. The number of hydrogen-bond donors (Lipinski definition) is 1. The van der Waals surface area contributed by atoms with Crippen molar-refractivity contribution in [2.24, 2.45) is 0 Å². The summed E-state index contributed by atoms with van der Waals surface area (Å²) in [5.74, 6) is -0.238. The second-order valence-corrected chi connectivity index (χ2v) is 5.13. The van der Waals surface area contributed by atoms with E-state index in [0.717, 1.165) is 18.4 Å². The van der Waals surface area contributed by atoms with E-state index in [2.05, 4.69) is 5.32 Å². The van der Waals surface area contributed by atoms with Crippen LogP contribution >= 0.6 is 0 Å². The molecular weight excluding hydrogens is 258 g/mol. The molecule has 1 aliphatic rings. The molecule has 6 nitrogen and oxygen atoms in total. The predicted octanol–water partition coefficient (Wildman–Crippen LogP) is 1.73. The van der Waals surface area contributed by atoms with Crippen molar-refractivity contribution in [3.8, 4) is 0 Å². The summed E-state index contributed by atoms with van der Waals surface area (Å²) in [5.41, 5.74) is 0.928. The van der Waals surface area contributed by atoms with Gasteiger partial charge in [-0.2, -0.15) is 0 Å². The molecule has 1 heterocycles. The first-order valence-corrected chi connectivity index (χ1v) is 6.75. The smallest absolute Gasteiger partial charge is 0.282 e. The molecule has 1 aliphatic heterocycles. The number of aryl methyl sites for hydroxylation is 1. The van der Waals surface area contributed by atoms with Crippen molar-refractivity contribution in [2.45, 2.75) is 25.8 Å². The van der Waals surface area contributed by atoms with Gasteiger partial charge in [0.2, 0.25) is 0 Å². The Bertz CT molecular complexity index is 530. The molecule has 1 unspecified atom stereocenters. The molecule has 2 rings (SSSR count). The zero-order chi connectivity index (χ0) is 14.7. The Labute approximate surface area is 117 Å². The fraction of sp³-hybridized carbons (Fsp3) is 0.500. The third-order valence-corrected chi connectivity index (χ3v) is 3.66. The van der Waals surface area contributed by atoms with Gasteiger partial charge in [-0.3, -0.25) is 14.9 Å². The quantitative estimate of drug-likeness (QED) is 0.671. The van der Waals surface area contributed by atoms with E-state index in [4.69, 9.17) is 0 Å². The normalized spacial score (nSPS) is 18.3. The summed E-state index contributed by atoms with van der Waals surface area (Å²) in [5, 5.41) is 14.1. The van der Waals surface area contributed by atoms with Crippen molar-refractivity contribution in [1.29, 1.82) is 0 Å². The number of nitrogens with one attached hydrogen (secondary N) is 1. The Hall–Kier alpha value is -1.95. The van der Waals surface area contributed by atoms with Crippen molar-refractivity contribution in [2.75, 3.05) is 20.1 Å². The first-order chi connectivity index (χ1) is 9.54. The molecule has 1 saturated heterocycles. The molecule has 1 aromatic carbocycles. The summed E-state index contributed by atoms with van der Waals surface area (Å²) in [6.45, 7) is 3.21. The predicted molar refractivity (Wildman–Crippen MR) is 75.8 cm³/mol. The monoisotopic (exact) mass is 277 g/mol. The van der Waals surface area contributed by atoms with Gasteiger partial charge in [0.15, 0.2) is 0 Å². The fourth-order valence-electron chi connectivity index (χ4n) is 2.69. The topological polar surface area (TPSA) is 75.5 Å². The molecule has 1 fully saturated rings. The highest BCUT2D eigenvalue weighted by Crippen LogP contribution is 2.25. The van der Waals surface area contributed by atoms with E-state index in [0.29, 0.717) is 13.1 Å². The highest BCUT2D eigenvalue weighted by atomic mass is 16.6. The van der Waals surface area contributed by atoms with Crippen molar-refractivity contribution < 1.29 is 9.72 Å². The van der Waals surface area contributed by atoms with Crippen LogP contribution < -0.4 is 5.32 Å². The van der Waals surface area contributed by atoms with Crippen molar-refractivity contribution >= 4 is 11.6 Å². The van der Waals surface area contributed by atoms with Crippen LogP contribution in [0, 0.1) is 17.0 Å². The average Bonchev–Trinajstić information content (AvgIpc) is 2.86. The number of nitro groups is 1. The number of carbonyl (C=O) groups excluding carboxylic acids is 1. The van der Waals surface area contributed by atoms with Crippen LogP contribution in [0.1, 0.15) is 28.8 Å². The summed E-state index contributed by atoms with van der Waals surface area (Å²) in [7, 11) is 1.84. The molecule has 1 aromatic rings. The Kier molecular flexibility index (Phi) is 4.34. The average molecular weight is 277 g/mol. The van der Waals surface area contributed by atoms with Gasteiger partial charge >= 0.3 is 0 Å². The van der Waals surface area contributed by atoms with Gasteiger partial charge < -0.3 is 10.2 Å². The maximum atomic E-state index is 12.6. The van der Waals surface area contributed by atoms with Crippen LogP contribution in [0.3, 0.4) is 0 Å². The summed E-state index contributed by atoms with van der Waals surface area (Å²) in [6.07, 6.45) is 1.88. The Morgan fingerprint density at radius 2 is 2.30 bits per heavy atom. The highest BCUT2D eigenvalue weighted by Gasteiger charge is 2.32. The molecule has 0 spiro atoms. The molecule has 0 saturated carbocycles. The lowest BCUT2D eigenvalue weighted by molar-refractivity contribution is -0.385. The van der Waals surface area contributed by atoms with Crippen LogP contribution in [0.25, 0.3) is 0 Å². The Morgan fingerprint density at radius 3 is 2.95 bits per heavy atom. The molecule has 6 heteroatoms. The summed E-state index contributed by atoms with van der Waals surface area (Å²) < 4.78 is 0. The van der Waals surface area contributed by atoms with E-state index in [1.54, 1.807) is 17.0 Å². The first-order valence-electron chi connectivity index (χ1n) is 6.75. The number of likely N-dealkylation sites (tertiary alicyclic amines) is 1. The lowest BCUT2D eigenvalue weighted by Gasteiger charge is -2.24. The van der Waals surface area contributed by atoms with Crippen LogP contribution in [-0.2, 0) is 0 Å². The van der Waals surface area contributed by atoms with Gasteiger partial charge in [-0.1, -0.05) is 6.07 Å². The zero-order valence-corrected chi connectivity index (χ0v) is 11.8. The number of nitrogens with zero attached hydrogens (tertiary/aromatic N) is 2. The second-order valence-electron chi connectivity index (χ2n) is 5.13. The Morgan fingerprint density at radius 1 is 1.55 bits per heavy atom. The number of rotatable bonds is 4. The van der Waals surface area contributed by atoms with Crippen molar-refractivity contribution in [1.82, 2.24) is 10.2 Å². The van der Waals surface area contributed by atoms with Crippen LogP contribution in [0.15, 0.2) is 18.2 Å². The van der Waals surface area contributed by atoms with Gasteiger partial charge in [-0.15, -0.1) is 0 Å². The largest absolute Gasteiger partial charge is 0.334 e. The van der Waals surface area contributed by atoms with E-state index in [9.17, 15) is 14.9 Å². The molecule has 1 atom stereocenters. The van der Waals surface area contributed by atoms with Gasteiger partial charge in [0.25, 0.3) is 11.6 Å². The van der Waals surface area contributed by atoms with E-state index in [1.807, 2.05) is 14.0 Å². The van der Waals surface area contributed by atoms with E-state index < -0.39 is 4.92 Å². The van der Waals surface area contributed by atoms with Gasteiger partial charge in [-0.05, 0) is 38.4 Å². The molecule has 1 amide bonds. The number of hydrogen-bond acceptors (Lipinski definition) is 4. The van der Waals surface area contributed by atoms with Gasteiger partial charge in [-0.25, -0.2) is 0 Å². The van der Waals surface area contributed by atoms with Gasteiger partial charge in [0, 0.05) is 25.2 Å². The van der Waals surface area contributed by atoms with E-state index >= 15 is 0 Å². The maximum absolute atomic E-state index is 12.6. The van der Waals surface area contributed by atoms with Crippen LogP contribution in [0.4, 0.5) is 5.69 Å². The molecule has 0 aromatic heterocycles. The SMILES string of the molecule is CNCC1CCCN1C(=O)c1cc(C)ccc1[N+](=O)[O-]. The van der Waals surface area contributed by atoms with Crippen LogP contribution in [-0.4, -0.2) is 41.9 Å².